The number of nitrogens with zero attached hydrogens (tertiary/aromatic N) is 2. The highest BCUT2D eigenvalue weighted by Crippen LogP contribution is 2.21. The summed E-state index contributed by atoms with van der Waals surface area (Å²) in [6.45, 7) is 7.22. The fourth-order valence-corrected chi connectivity index (χ4v) is 2.25. The number of nitrogens with one attached hydrogen (secondary N) is 2. The van der Waals surface area contributed by atoms with Crippen LogP contribution in [0.1, 0.15) is 45.4 Å². The fraction of sp³-hybridized carbons (Fsp3) is 0.714. The lowest BCUT2D eigenvalue weighted by molar-refractivity contribution is 0.0995. The Morgan fingerprint density at radius 1 is 1.26 bits per heavy atom. The summed E-state index contributed by atoms with van der Waals surface area (Å²) in [7, 11) is 1.87. The van der Waals surface area contributed by atoms with Gasteiger partial charge in [0.25, 0.3) is 0 Å². The van der Waals surface area contributed by atoms with E-state index in [-0.39, 0.29) is 12.1 Å². The molecule has 0 aliphatic carbocycles. The van der Waals surface area contributed by atoms with Crippen molar-refractivity contribution in [3.63, 3.8) is 0 Å². The molecule has 1 saturated heterocycles. The molecular formula is C14H24N4O. The highest BCUT2D eigenvalue weighted by Gasteiger charge is 2.22. The minimum atomic E-state index is 0.266. The van der Waals surface area contributed by atoms with Crippen LogP contribution in [0.25, 0.3) is 0 Å². The van der Waals surface area contributed by atoms with Gasteiger partial charge in [-0.15, -0.1) is 0 Å². The van der Waals surface area contributed by atoms with Gasteiger partial charge in [0.05, 0.1) is 12.1 Å². The number of hydrogen-bond acceptors (Lipinski definition) is 5. The lowest BCUT2D eigenvalue weighted by Crippen LogP contribution is -2.30. The summed E-state index contributed by atoms with van der Waals surface area (Å²) < 4.78 is 5.70. The maximum absolute atomic E-state index is 5.70. The molecule has 2 unspecified atom stereocenters. The molecular weight excluding hydrogens is 240 g/mol. The molecule has 2 atom stereocenters. The van der Waals surface area contributed by atoms with Crippen LogP contribution >= 0.6 is 0 Å². The third-order valence-corrected chi connectivity index (χ3v) is 3.41. The van der Waals surface area contributed by atoms with Crippen LogP contribution in [0.4, 0.5) is 11.6 Å². The molecule has 2 rings (SSSR count). The summed E-state index contributed by atoms with van der Waals surface area (Å²) in [4.78, 5) is 9.04. The molecule has 1 aliphatic rings. The van der Waals surface area contributed by atoms with Crippen LogP contribution in [-0.2, 0) is 4.74 Å². The molecule has 2 heterocycles. The van der Waals surface area contributed by atoms with Crippen molar-refractivity contribution in [2.75, 3.05) is 24.3 Å². The lowest BCUT2D eigenvalue weighted by atomic mass is 10.1. The van der Waals surface area contributed by atoms with Crippen molar-refractivity contribution in [1.82, 2.24) is 9.97 Å². The predicted molar refractivity (Wildman–Crippen MR) is 77.7 cm³/mol. The maximum Gasteiger partial charge on any atom is 0.135 e. The normalized spacial score (nSPS) is 20.6. The van der Waals surface area contributed by atoms with E-state index in [1.54, 1.807) is 0 Å². The van der Waals surface area contributed by atoms with Gasteiger partial charge in [0, 0.05) is 25.6 Å². The van der Waals surface area contributed by atoms with Crippen molar-refractivity contribution in [3.8, 4) is 0 Å². The Hall–Kier alpha value is -1.36. The first kappa shape index (κ1) is 14.1. The van der Waals surface area contributed by atoms with Crippen LogP contribution in [0.2, 0.25) is 0 Å². The van der Waals surface area contributed by atoms with Crippen molar-refractivity contribution in [1.29, 1.82) is 0 Å². The quantitative estimate of drug-likeness (QED) is 0.856. The number of rotatable bonds is 5. The number of hydrogen-bond donors (Lipinski definition) is 2. The molecule has 5 nitrogen and oxygen atoms in total. The lowest BCUT2D eigenvalue weighted by Gasteiger charge is -2.21. The topological polar surface area (TPSA) is 59.1 Å². The van der Waals surface area contributed by atoms with Gasteiger partial charge in [0.2, 0.25) is 0 Å². The van der Waals surface area contributed by atoms with Gasteiger partial charge in [-0.05, 0) is 19.8 Å². The minimum Gasteiger partial charge on any atom is -0.376 e. The number of aromatic nitrogens is 2. The highest BCUT2D eigenvalue weighted by molar-refractivity contribution is 5.48. The van der Waals surface area contributed by atoms with Gasteiger partial charge in [-0.1, -0.05) is 13.8 Å². The molecule has 0 aromatic carbocycles. The number of ether oxygens (including phenoxy) is 1. The average molecular weight is 264 g/mol. The SMILES string of the molecule is CNc1cc(NC(C)C2CCCO2)nc(C(C)C)n1. The Kier molecular flexibility index (Phi) is 4.58. The van der Waals surface area contributed by atoms with Crippen LogP contribution in [0, 0.1) is 0 Å². The van der Waals surface area contributed by atoms with E-state index in [0.29, 0.717) is 5.92 Å². The molecule has 0 bridgehead atoms. The monoisotopic (exact) mass is 264 g/mol. The van der Waals surface area contributed by atoms with E-state index in [9.17, 15) is 0 Å². The summed E-state index contributed by atoms with van der Waals surface area (Å²) in [5, 5.41) is 6.52. The molecule has 1 aliphatic heterocycles. The van der Waals surface area contributed by atoms with Crippen LogP contribution < -0.4 is 10.6 Å². The second kappa shape index (κ2) is 6.19. The Labute approximate surface area is 115 Å². The van der Waals surface area contributed by atoms with Crippen LogP contribution in [-0.4, -0.2) is 35.8 Å². The van der Waals surface area contributed by atoms with Crippen molar-refractivity contribution >= 4 is 11.6 Å². The molecule has 1 aromatic heterocycles. The average Bonchev–Trinajstić information content (AvgIpc) is 2.92. The molecule has 1 fully saturated rings. The Morgan fingerprint density at radius 3 is 2.58 bits per heavy atom. The van der Waals surface area contributed by atoms with Gasteiger partial charge < -0.3 is 15.4 Å². The minimum absolute atomic E-state index is 0.266. The van der Waals surface area contributed by atoms with Gasteiger partial charge in [0.1, 0.15) is 17.5 Å². The first-order chi connectivity index (χ1) is 9.10. The molecule has 19 heavy (non-hydrogen) atoms. The summed E-state index contributed by atoms with van der Waals surface area (Å²) in [6.07, 6.45) is 2.56. The molecule has 5 heteroatoms. The Balaban J connectivity index is 2.11. The van der Waals surface area contributed by atoms with Gasteiger partial charge >= 0.3 is 0 Å². The third kappa shape index (κ3) is 3.56. The third-order valence-electron chi connectivity index (χ3n) is 3.41. The standard InChI is InChI=1S/C14H24N4O/c1-9(2)14-17-12(15-4)8-13(18-14)16-10(3)11-6-5-7-19-11/h8-11H,5-7H2,1-4H3,(H2,15,16,17,18). The van der Waals surface area contributed by atoms with Crippen LogP contribution in [0.5, 0.6) is 0 Å². The zero-order valence-electron chi connectivity index (χ0n) is 12.2. The van der Waals surface area contributed by atoms with E-state index in [1.165, 1.54) is 0 Å². The van der Waals surface area contributed by atoms with Crippen molar-refractivity contribution in [2.45, 2.75) is 51.7 Å². The van der Waals surface area contributed by atoms with E-state index in [2.05, 4.69) is 41.4 Å². The summed E-state index contributed by atoms with van der Waals surface area (Å²) >= 11 is 0. The van der Waals surface area contributed by atoms with Crippen molar-refractivity contribution in [2.24, 2.45) is 0 Å². The highest BCUT2D eigenvalue weighted by atomic mass is 16.5. The first-order valence-corrected chi connectivity index (χ1v) is 7.05. The number of anilines is 2. The molecule has 0 amide bonds. The smallest absolute Gasteiger partial charge is 0.135 e. The van der Waals surface area contributed by atoms with E-state index in [1.807, 2.05) is 13.1 Å². The van der Waals surface area contributed by atoms with Crippen molar-refractivity contribution < 1.29 is 4.74 Å². The molecule has 106 valence electrons. The van der Waals surface area contributed by atoms with E-state index < -0.39 is 0 Å². The second-order valence-corrected chi connectivity index (χ2v) is 5.39. The fourth-order valence-electron chi connectivity index (χ4n) is 2.25. The molecule has 1 aromatic rings. The zero-order chi connectivity index (χ0) is 13.8. The zero-order valence-corrected chi connectivity index (χ0v) is 12.2. The van der Waals surface area contributed by atoms with Crippen LogP contribution in [0.15, 0.2) is 6.07 Å². The first-order valence-electron chi connectivity index (χ1n) is 7.05. The summed E-state index contributed by atoms with van der Waals surface area (Å²) in [6, 6.07) is 2.21. The summed E-state index contributed by atoms with van der Waals surface area (Å²) in [5.41, 5.74) is 0. The van der Waals surface area contributed by atoms with E-state index in [4.69, 9.17) is 4.74 Å². The van der Waals surface area contributed by atoms with E-state index in [0.717, 1.165) is 36.9 Å². The largest absolute Gasteiger partial charge is 0.376 e. The molecule has 0 spiro atoms. The van der Waals surface area contributed by atoms with E-state index >= 15 is 0 Å². The van der Waals surface area contributed by atoms with Gasteiger partial charge in [-0.2, -0.15) is 0 Å². The van der Waals surface area contributed by atoms with Gasteiger partial charge in [-0.3, -0.25) is 0 Å². The van der Waals surface area contributed by atoms with Gasteiger partial charge in [-0.25, -0.2) is 9.97 Å². The molecule has 0 radical (unpaired) electrons. The Bertz CT molecular complexity index is 416. The molecule has 0 saturated carbocycles. The maximum atomic E-state index is 5.70. The summed E-state index contributed by atoms with van der Waals surface area (Å²) in [5.74, 6) is 2.88. The Morgan fingerprint density at radius 2 is 2.00 bits per heavy atom. The second-order valence-electron chi connectivity index (χ2n) is 5.39. The predicted octanol–water partition coefficient (Wildman–Crippen LogP) is 2.62. The molecule has 2 N–H and O–H groups in total. The van der Waals surface area contributed by atoms with Crippen LogP contribution in [0.3, 0.4) is 0 Å². The van der Waals surface area contributed by atoms with Crippen molar-refractivity contribution in [3.05, 3.63) is 11.9 Å². The van der Waals surface area contributed by atoms with Gasteiger partial charge in [0.15, 0.2) is 0 Å².